The molecule has 1 aliphatic carbocycles. The Balaban J connectivity index is 1.85. The van der Waals surface area contributed by atoms with Crippen LogP contribution in [0.5, 0.6) is 0 Å². The van der Waals surface area contributed by atoms with Crippen molar-refractivity contribution in [2.24, 2.45) is 0 Å². The Kier molecular flexibility index (Phi) is 4.94. The van der Waals surface area contributed by atoms with Crippen molar-refractivity contribution in [3.8, 4) is 6.07 Å². The third-order valence-electron chi connectivity index (χ3n) is 3.37. The maximum Gasteiger partial charge on any atom is 0.220 e. The van der Waals surface area contributed by atoms with Gasteiger partial charge in [0.15, 0.2) is 5.78 Å². The van der Waals surface area contributed by atoms with E-state index in [1.807, 2.05) is 0 Å². The minimum Gasteiger partial charge on any atom is -0.384 e. The number of nitriles is 1. The van der Waals surface area contributed by atoms with E-state index in [1.165, 1.54) is 6.92 Å². The summed E-state index contributed by atoms with van der Waals surface area (Å²) < 4.78 is 0. The van der Waals surface area contributed by atoms with Crippen LogP contribution in [0.4, 0.5) is 5.69 Å². The van der Waals surface area contributed by atoms with Crippen molar-refractivity contribution >= 4 is 17.4 Å². The second-order valence-corrected chi connectivity index (χ2v) is 5.30. The highest BCUT2D eigenvalue weighted by Gasteiger charge is 2.22. The van der Waals surface area contributed by atoms with Gasteiger partial charge in [-0.05, 0) is 44.4 Å². The van der Waals surface area contributed by atoms with Crippen molar-refractivity contribution in [1.29, 1.82) is 5.26 Å². The molecule has 0 atom stereocenters. The quantitative estimate of drug-likeness (QED) is 0.594. The highest BCUT2D eigenvalue weighted by atomic mass is 16.1. The second-order valence-electron chi connectivity index (χ2n) is 5.30. The van der Waals surface area contributed by atoms with Gasteiger partial charge in [0.1, 0.15) is 0 Å². The van der Waals surface area contributed by atoms with Gasteiger partial charge in [-0.15, -0.1) is 0 Å². The summed E-state index contributed by atoms with van der Waals surface area (Å²) in [4.78, 5) is 23.1. The molecule has 0 aromatic heterocycles. The topological polar surface area (TPSA) is 82.0 Å². The number of benzene rings is 1. The standard InChI is InChI=1S/C16H19N3O2/c1-11(20)14-7-4-12(10-17)9-15(14)18-8-2-3-16(21)19-13-5-6-13/h4,7,9,13,18H,2-3,5-6,8H2,1H3,(H,19,21). The number of hydrogen-bond donors (Lipinski definition) is 2. The zero-order valence-electron chi connectivity index (χ0n) is 12.1. The first-order valence-electron chi connectivity index (χ1n) is 7.18. The van der Waals surface area contributed by atoms with Crippen molar-refractivity contribution in [3.63, 3.8) is 0 Å². The van der Waals surface area contributed by atoms with Gasteiger partial charge in [0.25, 0.3) is 0 Å². The van der Waals surface area contributed by atoms with E-state index in [0.717, 1.165) is 12.8 Å². The van der Waals surface area contributed by atoms with E-state index >= 15 is 0 Å². The third kappa shape index (κ3) is 4.60. The maximum atomic E-state index is 11.5. The van der Waals surface area contributed by atoms with E-state index in [0.29, 0.717) is 42.2 Å². The van der Waals surface area contributed by atoms with Crippen LogP contribution in [-0.4, -0.2) is 24.3 Å². The van der Waals surface area contributed by atoms with Gasteiger partial charge in [0.2, 0.25) is 5.91 Å². The number of carbonyl (C=O) groups excluding carboxylic acids is 2. The van der Waals surface area contributed by atoms with E-state index < -0.39 is 0 Å². The molecular weight excluding hydrogens is 266 g/mol. The number of nitrogens with zero attached hydrogens (tertiary/aromatic N) is 1. The second kappa shape index (κ2) is 6.89. The summed E-state index contributed by atoms with van der Waals surface area (Å²) in [5, 5.41) is 15.0. The molecule has 0 heterocycles. The number of carbonyl (C=O) groups is 2. The zero-order chi connectivity index (χ0) is 15.2. The van der Waals surface area contributed by atoms with Gasteiger partial charge in [-0.3, -0.25) is 9.59 Å². The van der Waals surface area contributed by atoms with Crippen LogP contribution in [0, 0.1) is 11.3 Å². The fourth-order valence-electron chi connectivity index (χ4n) is 2.07. The Morgan fingerprint density at radius 2 is 2.14 bits per heavy atom. The lowest BCUT2D eigenvalue weighted by Gasteiger charge is -2.10. The first-order valence-corrected chi connectivity index (χ1v) is 7.18. The fraction of sp³-hybridized carbons (Fsp3) is 0.438. The van der Waals surface area contributed by atoms with Gasteiger partial charge in [-0.2, -0.15) is 5.26 Å². The minimum atomic E-state index is -0.0477. The van der Waals surface area contributed by atoms with E-state index in [-0.39, 0.29) is 11.7 Å². The molecule has 21 heavy (non-hydrogen) atoms. The molecule has 0 unspecified atom stereocenters. The van der Waals surface area contributed by atoms with Crippen LogP contribution in [0.3, 0.4) is 0 Å². The molecule has 0 spiro atoms. The summed E-state index contributed by atoms with van der Waals surface area (Å²) >= 11 is 0. The highest BCUT2D eigenvalue weighted by molar-refractivity contribution is 5.99. The lowest BCUT2D eigenvalue weighted by Crippen LogP contribution is -2.25. The summed E-state index contributed by atoms with van der Waals surface area (Å²) in [5.41, 5.74) is 1.73. The lowest BCUT2D eigenvalue weighted by molar-refractivity contribution is -0.121. The number of hydrogen-bond acceptors (Lipinski definition) is 4. The summed E-state index contributed by atoms with van der Waals surface area (Å²) in [7, 11) is 0. The molecule has 1 aromatic rings. The van der Waals surface area contributed by atoms with E-state index in [9.17, 15) is 9.59 Å². The first kappa shape index (κ1) is 15.0. The molecule has 0 bridgehead atoms. The van der Waals surface area contributed by atoms with Gasteiger partial charge in [-0.25, -0.2) is 0 Å². The first-order chi connectivity index (χ1) is 10.1. The van der Waals surface area contributed by atoms with Gasteiger partial charge in [0, 0.05) is 30.3 Å². The summed E-state index contributed by atoms with van der Waals surface area (Å²) in [6.07, 6.45) is 3.34. The van der Waals surface area contributed by atoms with Gasteiger partial charge < -0.3 is 10.6 Å². The molecule has 1 aliphatic rings. The van der Waals surface area contributed by atoms with Crippen molar-refractivity contribution in [1.82, 2.24) is 5.32 Å². The van der Waals surface area contributed by atoms with Crippen molar-refractivity contribution < 1.29 is 9.59 Å². The van der Waals surface area contributed by atoms with Gasteiger partial charge in [-0.1, -0.05) is 0 Å². The summed E-state index contributed by atoms with van der Waals surface area (Å²) in [5.74, 6) is 0.0327. The zero-order valence-corrected chi connectivity index (χ0v) is 12.1. The molecule has 0 radical (unpaired) electrons. The van der Waals surface area contributed by atoms with Gasteiger partial charge in [0.05, 0.1) is 11.6 Å². The van der Waals surface area contributed by atoms with Crippen molar-refractivity contribution in [2.75, 3.05) is 11.9 Å². The Morgan fingerprint density at radius 3 is 2.76 bits per heavy atom. The number of Topliss-reactive ketones (excluding diaryl/α,β-unsaturated/α-hetero) is 1. The Hall–Kier alpha value is -2.35. The number of nitrogens with one attached hydrogen (secondary N) is 2. The summed E-state index contributed by atoms with van der Waals surface area (Å²) in [6.45, 7) is 2.09. The largest absolute Gasteiger partial charge is 0.384 e. The third-order valence-corrected chi connectivity index (χ3v) is 3.37. The number of ketones is 1. The van der Waals surface area contributed by atoms with Crippen LogP contribution in [0.1, 0.15) is 48.5 Å². The van der Waals surface area contributed by atoms with Crippen LogP contribution in [0.2, 0.25) is 0 Å². The molecule has 0 saturated heterocycles. The Bertz CT molecular complexity index is 586. The van der Waals surface area contributed by atoms with Crippen LogP contribution < -0.4 is 10.6 Å². The Morgan fingerprint density at radius 1 is 1.38 bits per heavy atom. The summed E-state index contributed by atoms with van der Waals surface area (Å²) in [6, 6.07) is 7.40. The Labute approximate surface area is 124 Å². The van der Waals surface area contributed by atoms with Crippen molar-refractivity contribution in [3.05, 3.63) is 29.3 Å². The molecule has 5 nitrogen and oxygen atoms in total. The number of amides is 1. The van der Waals surface area contributed by atoms with E-state index in [1.54, 1.807) is 18.2 Å². The van der Waals surface area contributed by atoms with Crippen LogP contribution in [-0.2, 0) is 4.79 Å². The minimum absolute atomic E-state index is 0.0477. The maximum absolute atomic E-state index is 11.5. The molecule has 2 N–H and O–H groups in total. The smallest absolute Gasteiger partial charge is 0.220 e. The molecule has 5 heteroatoms. The molecular formula is C16H19N3O2. The molecule has 110 valence electrons. The van der Waals surface area contributed by atoms with E-state index in [2.05, 4.69) is 16.7 Å². The van der Waals surface area contributed by atoms with Crippen LogP contribution in [0.15, 0.2) is 18.2 Å². The molecule has 1 aromatic carbocycles. The SMILES string of the molecule is CC(=O)c1ccc(C#N)cc1NCCCC(=O)NC1CC1. The van der Waals surface area contributed by atoms with Crippen LogP contribution >= 0.6 is 0 Å². The normalized spacial score (nSPS) is 13.3. The predicted octanol–water partition coefficient (Wildman–Crippen LogP) is 2.23. The average molecular weight is 285 g/mol. The average Bonchev–Trinajstić information content (AvgIpc) is 3.27. The predicted molar refractivity (Wildman–Crippen MR) is 80.0 cm³/mol. The van der Waals surface area contributed by atoms with E-state index in [4.69, 9.17) is 5.26 Å². The number of rotatable bonds is 7. The highest BCUT2D eigenvalue weighted by Crippen LogP contribution is 2.19. The lowest BCUT2D eigenvalue weighted by atomic mass is 10.1. The van der Waals surface area contributed by atoms with Crippen LogP contribution in [0.25, 0.3) is 0 Å². The fourth-order valence-corrected chi connectivity index (χ4v) is 2.07. The number of anilines is 1. The molecule has 1 fully saturated rings. The van der Waals surface area contributed by atoms with Gasteiger partial charge >= 0.3 is 0 Å². The monoisotopic (exact) mass is 285 g/mol. The van der Waals surface area contributed by atoms with Crippen molar-refractivity contribution in [2.45, 2.75) is 38.6 Å². The molecule has 0 aliphatic heterocycles. The molecule has 2 rings (SSSR count). The molecule has 1 amide bonds. The molecule has 1 saturated carbocycles.